The molecule has 114 valence electrons. The van der Waals surface area contributed by atoms with Crippen LogP contribution >= 0.6 is 0 Å². The van der Waals surface area contributed by atoms with E-state index in [9.17, 15) is 0 Å². The molecule has 1 aromatic rings. The molecule has 2 unspecified atom stereocenters. The summed E-state index contributed by atoms with van der Waals surface area (Å²) in [4.78, 5) is 0. The van der Waals surface area contributed by atoms with Crippen molar-refractivity contribution in [3.8, 4) is 0 Å². The lowest BCUT2D eigenvalue weighted by Gasteiger charge is -2.22. The lowest BCUT2D eigenvalue weighted by atomic mass is 9.87. The fourth-order valence-corrected chi connectivity index (χ4v) is 2.82. The van der Waals surface area contributed by atoms with Crippen molar-refractivity contribution in [3.63, 3.8) is 0 Å². The van der Waals surface area contributed by atoms with Crippen molar-refractivity contribution in [3.05, 3.63) is 35.4 Å². The Labute approximate surface area is 126 Å². The van der Waals surface area contributed by atoms with Crippen molar-refractivity contribution >= 4 is 0 Å². The van der Waals surface area contributed by atoms with Crippen molar-refractivity contribution in [2.45, 2.75) is 59.8 Å². The van der Waals surface area contributed by atoms with Crippen molar-refractivity contribution in [1.82, 2.24) is 5.32 Å². The van der Waals surface area contributed by atoms with Crippen LogP contribution in [0.2, 0.25) is 0 Å². The molecule has 0 heterocycles. The second-order valence-electron chi connectivity index (χ2n) is 6.79. The van der Waals surface area contributed by atoms with Gasteiger partial charge in [0.2, 0.25) is 0 Å². The van der Waals surface area contributed by atoms with Gasteiger partial charge in [-0.2, -0.15) is 0 Å². The molecule has 0 saturated heterocycles. The number of nitrogens with one attached hydrogen (secondary N) is 1. The van der Waals surface area contributed by atoms with Crippen molar-refractivity contribution in [2.24, 2.45) is 11.8 Å². The Morgan fingerprint density at radius 3 is 2.20 bits per heavy atom. The molecule has 20 heavy (non-hydrogen) atoms. The zero-order valence-electron chi connectivity index (χ0n) is 14.1. The van der Waals surface area contributed by atoms with Gasteiger partial charge < -0.3 is 5.32 Å². The molecule has 0 fully saturated rings. The molecule has 0 spiro atoms. The number of benzene rings is 1. The molecule has 0 radical (unpaired) electrons. The van der Waals surface area contributed by atoms with Crippen LogP contribution in [0.1, 0.15) is 64.0 Å². The van der Waals surface area contributed by atoms with Gasteiger partial charge in [-0.15, -0.1) is 0 Å². The minimum Gasteiger partial charge on any atom is -0.316 e. The van der Waals surface area contributed by atoms with E-state index >= 15 is 0 Å². The third-order valence-corrected chi connectivity index (χ3v) is 3.96. The second-order valence-corrected chi connectivity index (χ2v) is 6.79. The van der Waals surface area contributed by atoms with Gasteiger partial charge in [0, 0.05) is 6.54 Å². The first-order chi connectivity index (χ1) is 9.52. The summed E-state index contributed by atoms with van der Waals surface area (Å²) in [5, 5.41) is 3.65. The van der Waals surface area contributed by atoms with Crippen LogP contribution in [0.25, 0.3) is 0 Å². The van der Waals surface area contributed by atoms with Crippen LogP contribution < -0.4 is 5.32 Å². The van der Waals surface area contributed by atoms with Gasteiger partial charge in [-0.3, -0.25) is 0 Å². The summed E-state index contributed by atoms with van der Waals surface area (Å²) in [7, 11) is 0. The molecule has 0 aliphatic carbocycles. The first-order valence-electron chi connectivity index (χ1n) is 8.30. The summed E-state index contributed by atoms with van der Waals surface area (Å²) >= 11 is 0. The molecule has 0 amide bonds. The zero-order chi connectivity index (χ0) is 15.0. The van der Waals surface area contributed by atoms with Gasteiger partial charge in [-0.25, -0.2) is 0 Å². The topological polar surface area (TPSA) is 12.0 Å². The molecule has 0 aliphatic heterocycles. The third-order valence-electron chi connectivity index (χ3n) is 3.96. The lowest BCUT2D eigenvalue weighted by molar-refractivity contribution is 0.412. The first-order valence-corrected chi connectivity index (χ1v) is 8.30. The normalized spacial score (nSPS) is 14.5. The van der Waals surface area contributed by atoms with Crippen LogP contribution in [-0.2, 0) is 0 Å². The van der Waals surface area contributed by atoms with Crippen LogP contribution in [-0.4, -0.2) is 13.1 Å². The lowest BCUT2D eigenvalue weighted by Crippen LogP contribution is -2.26. The standard InChI is InChI=1S/C19H33N/c1-6-7-17(5)12-19(14-20-13-15(2)3)18-10-8-16(4)9-11-18/h8-11,15,17,19-20H,6-7,12-14H2,1-5H3. The highest BCUT2D eigenvalue weighted by Crippen LogP contribution is 2.26. The van der Waals surface area contributed by atoms with E-state index in [2.05, 4.69) is 64.2 Å². The average molecular weight is 275 g/mol. The SMILES string of the molecule is CCCC(C)CC(CNCC(C)C)c1ccc(C)cc1. The molecular formula is C19H33N. The summed E-state index contributed by atoms with van der Waals surface area (Å²) in [6, 6.07) is 9.12. The van der Waals surface area contributed by atoms with Crippen molar-refractivity contribution in [1.29, 1.82) is 0 Å². The van der Waals surface area contributed by atoms with E-state index in [-0.39, 0.29) is 0 Å². The molecule has 0 aromatic heterocycles. The van der Waals surface area contributed by atoms with Gasteiger partial charge in [0.25, 0.3) is 0 Å². The maximum atomic E-state index is 3.65. The molecule has 2 atom stereocenters. The molecular weight excluding hydrogens is 242 g/mol. The van der Waals surface area contributed by atoms with Crippen molar-refractivity contribution in [2.75, 3.05) is 13.1 Å². The van der Waals surface area contributed by atoms with E-state index in [1.807, 2.05) is 0 Å². The number of rotatable bonds is 9. The summed E-state index contributed by atoms with van der Waals surface area (Å²) in [6.07, 6.45) is 3.93. The molecule has 1 N–H and O–H groups in total. The van der Waals surface area contributed by atoms with E-state index in [1.54, 1.807) is 0 Å². The van der Waals surface area contributed by atoms with E-state index in [0.29, 0.717) is 5.92 Å². The summed E-state index contributed by atoms with van der Waals surface area (Å²) in [5.41, 5.74) is 2.85. The van der Waals surface area contributed by atoms with Crippen LogP contribution in [0.5, 0.6) is 0 Å². The summed E-state index contributed by atoms with van der Waals surface area (Å²) in [6.45, 7) is 13.6. The summed E-state index contributed by atoms with van der Waals surface area (Å²) in [5.74, 6) is 2.18. The monoisotopic (exact) mass is 275 g/mol. The Hall–Kier alpha value is -0.820. The Kier molecular flexibility index (Phi) is 7.91. The minimum atomic E-state index is 0.649. The van der Waals surface area contributed by atoms with E-state index in [1.165, 1.54) is 30.4 Å². The highest BCUT2D eigenvalue weighted by Gasteiger charge is 2.15. The molecule has 1 nitrogen and oxygen atoms in total. The molecule has 0 saturated carbocycles. The predicted molar refractivity (Wildman–Crippen MR) is 90.3 cm³/mol. The second kappa shape index (κ2) is 9.18. The van der Waals surface area contributed by atoms with Crippen LogP contribution in [0, 0.1) is 18.8 Å². The Bertz CT molecular complexity index is 353. The van der Waals surface area contributed by atoms with Gasteiger partial charge in [-0.1, -0.05) is 70.4 Å². The van der Waals surface area contributed by atoms with E-state index in [4.69, 9.17) is 0 Å². The molecule has 0 aliphatic rings. The van der Waals surface area contributed by atoms with Crippen molar-refractivity contribution < 1.29 is 0 Å². The van der Waals surface area contributed by atoms with Crippen LogP contribution in [0.15, 0.2) is 24.3 Å². The van der Waals surface area contributed by atoms with Gasteiger partial charge in [0.1, 0.15) is 0 Å². The molecule has 1 heteroatoms. The highest BCUT2D eigenvalue weighted by molar-refractivity contribution is 5.24. The Balaban J connectivity index is 2.65. The average Bonchev–Trinajstić information content (AvgIpc) is 2.38. The van der Waals surface area contributed by atoms with E-state index < -0.39 is 0 Å². The third kappa shape index (κ3) is 6.56. The quantitative estimate of drug-likeness (QED) is 0.657. The largest absolute Gasteiger partial charge is 0.316 e. The smallest absolute Gasteiger partial charge is 0.00203 e. The number of aryl methyl sites for hydroxylation is 1. The zero-order valence-corrected chi connectivity index (χ0v) is 14.1. The predicted octanol–water partition coefficient (Wildman–Crippen LogP) is 5.15. The van der Waals surface area contributed by atoms with Gasteiger partial charge in [-0.05, 0) is 43.2 Å². The Morgan fingerprint density at radius 2 is 1.65 bits per heavy atom. The van der Waals surface area contributed by atoms with Gasteiger partial charge >= 0.3 is 0 Å². The van der Waals surface area contributed by atoms with Crippen LogP contribution in [0.3, 0.4) is 0 Å². The molecule has 1 aromatic carbocycles. The number of hydrogen-bond donors (Lipinski definition) is 1. The fraction of sp³-hybridized carbons (Fsp3) is 0.684. The minimum absolute atomic E-state index is 0.649. The fourth-order valence-electron chi connectivity index (χ4n) is 2.82. The first kappa shape index (κ1) is 17.2. The van der Waals surface area contributed by atoms with Gasteiger partial charge in [0.05, 0.1) is 0 Å². The number of hydrogen-bond acceptors (Lipinski definition) is 1. The maximum absolute atomic E-state index is 3.65. The van der Waals surface area contributed by atoms with Gasteiger partial charge in [0.15, 0.2) is 0 Å². The van der Waals surface area contributed by atoms with E-state index in [0.717, 1.165) is 24.9 Å². The molecule has 1 rings (SSSR count). The maximum Gasteiger partial charge on any atom is 0.00203 e. The molecule has 0 bridgehead atoms. The summed E-state index contributed by atoms with van der Waals surface area (Å²) < 4.78 is 0. The Morgan fingerprint density at radius 1 is 1.00 bits per heavy atom. The highest BCUT2D eigenvalue weighted by atomic mass is 14.9. The van der Waals surface area contributed by atoms with Crippen LogP contribution in [0.4, 0.5) is 0 Å².